The fourth-order valence-electron chi connectivity index (χ4n) is 2.43. The van der Waals surface area contributed by atoms with Crippen LogP contribution in [0.4, 0.5) is 0 Å². The molecule has 18 heavy (non-hydrogen) atoms. The van der Waals surface area contributed by atoms with Crippen molar-refractivity contribution in [1.82, 2.24) is 0 Å². The molecule has 0 atom stereocenters. The van der Waals surface area contributed by atoms with E-state index < -0.39 is 0 Å². The van der Waals surface area contributed by atoms with Crippen molar-refractivity contribution in [1.29, 1.82) is 0 Å². The third-order valence-corrected chi connectivity index (χ3v) is 3.72. The molecule has 1 aromatic rings. The number of ether oxygens (including phenoxy) is 1. The average Bonchev–Trinajstić information content (AvgIpc) is 2.31. The first-order valence-electron chi connectivity index (χ1n) is 6.98. The van der Waals surface area contributed by atoms with Gasteiger partial charge in [0.1, 0.15) is 5.75 Å². The van der Waals surface area contributed by atoms with Gasteiger partial charge in [-0.2, -0.15) is 0 Å². The summed E-state index contributed by atoms with van der Waals surface area (Å²) in [6.45, 7) is 6.68. The standard InChI is InChI=1S/C16H25NO/c1-16(2,3)12-5-4-6-15(11-12)18-14-9-7-13(17)8-10-14/h4-6,11,13-14H,7-10,17H2,1-3H3. The fraction of sp³-hybridized carbons (Fsp3) is 0.625. The maximum atomic E-state index is 6.08. The van der Waals surface area contributed by atoms with E-state index in [1.54, 1.807) is 0 Å². The van der Waals surface area contributed by atoms with Gasteiger partial charge < -0.3 is 10.5 Å². The van der Waals surface area contributed by atoms with Crippen molar-refractivity contribution >= 4 is 0 Å². The van der Waals surface area contributed by atoms with Crippen LogP contribution in [0.1, 0.15) is 52.0 Å². The molecule has 1 aliphatic rings. The third-order valence-electron chi connectivity index (χ3n) is 3.72. The minimum Gasteiger partial charge on any atom is -0.490 e. The highest BCUT2D eigenvalue weighted by Gasteiger charge is 2.20. The molecule has 100 valence electrons. The number of rotatable bonds is 2. The Morgan fingerprint density at radius 2 is 1.78 bits per heavy atom. The molecule has 0 unspecified atom stereocenters. The highest BCUT2D eigenvalue weighted by Crippen LogP contribution is 2.28. The van der Waals surface area contributed by atoms with E-state index in [1.807, 2.05) is 0 Å². The van der Waals surface area contributed by atoms with Crippen LogP contribution in [0, 0.1) is 0 Å². The number of hydrogen-bond acceptors (Lipinski definition) is 2. The SMILES string of the molecule is CC(C)(C)c1cccc(OC2CCC(N)CC2)c1. The highest BCUT2D eigenvalue weighted by molar-refractivity contribution is 5.32. The largest absolute Gasteiger partial charge is 0.490 e. The van der Waals surface area contributed by atoms with E-state index in [9.17, 15) is 0 Å². The first-order valence-corrected chi connectivity index (χ1v) is 6.98. The van der Waals surface area contributed by atoms with Crippen LogP contribution in [0.2, 0.25) is 0 Å². The topological polar surface area (TPSA) is 35.2 Å². The number of benzene rings is 1. The van der Waals surface area contributed by atoms with Crippen LogP contribution in [-0.4, -0.2) is 12.1 Å². The van der Waals surface area contributed by atoms with Gasteiger partial charge in [0.25, 0.3) is 0 Å². The molecule has 0 radical (unpaired) electrons. The Morgan fingerprint density at radius 3 is 2.39 bits per heavy atom. The summed E-state index contributed by atoms with van der Waals surface area (Å²) in [6.07, 6.45) is 4.69. The Hall–Kier alpha value is -1.02. The first-order chi connectivity index (χ1) is 8.45. The molecule has 1 aliphatic carbocycles. The molecule has 2 heteroatoms. The zero-order valence-corrected chi connectivity index (χ0v) is 11.8. The van der Waals surface area contributed by atoms with E-state index in [0.29, 0.717) is 12.1 Å². The number of nitrogens with two attached hydrogens (primary N) is 1. The minimum atomic E-state index is 0.175. The summed E-state index contributed by atoms with van der Waals surface area (Å²) in [5.41, 5.74) is 7.42. The van der Waals surface area contributed by atoms with Gasteiger partial charge in [0.2, 0.25) is 0 Å². The van der Waals surface area contributed by atoms with Gasteiger partial charge in [0.05, 0.1) is 6.10 Å². The molecule has 2 nitrogen and oxygen atoms in total. The normalized spacial score (nSPS) is 24.9. The monoisotopic (exact) mass is 247 g/mol. The lowest BCUT2D eigenvalue weighted by Gasteiger charge is -2.27. The molecule has 1 aromatic carbocycles. The van der Waals surface area contributed by atoms with Crippen LogP contribution >= 0.6 is 0 Å². The van der Waals surface area contributed by atoms with E-state index in [4.69, 9.17) is 10.5 Å². The molecule has 0 spiro atoms. The lowest BCUT2D eigenvalue weighted by atomic mass is 9.87. The fourth-order valence-corrected chi connectivity index (χ4v) is 2.43. The lowest BCUT2D eigenvalue weighted by molar-refractivity contribution is 0.147. The summed E-state index contributed by atoms with van der Waals surface area (Å²) in [6, 6.07) is 8.87. The molecule has 0 heterocycles. The van der Waals surface area contributed by atoms with Gasteiger partial charge in [-0.05, 0) is 48.8 Å². The summed E-state index contributed by atoms with van der Waals surface area (Å²) in [5, 5.41) is 0. The molecule has 0 amide bonds. The van der Waals surface area contributed by atoms with E-state index in [2.05, 4.69) is 45.0 Å². The van der Waals surface area contributed by atoms with Gasteiger partial charge in [-0.25, -0.2) is 0 Å². The zero-order chi connectivity index (χ0) is 13.2. The quantitative estimate of drug-likeness (QED) is 0.866. The summed E-state index contributed by atoms with van der Waals surface area (Å²) in [7, 11) is 0. The molecule has 1 fully saturated rings. The third kappa shape index (κ3) is 3.49. The van der Waals surface area contributed by atoms with Crippen molar-refractivity contribution in [3.05, 3.63) is 29.8 Å². The van der Waals surface area contributed by atoms with Gasteiger partial charge in [-0.3, -0.25) is 0 Å². The second kappa shape index (κ2) is 5.31. The maximum absolute atomic E-state index is 6.08. The summed E-state index contributed by atoms with van der Waals surface area (Å²) in [5.74, 6) is 1.00. The molecule has 2 rings (SSSR count). The second-order valence-electron chi connectivity index (χ2n) is 6.43. The molecule has 2 N–H and O–H groups in total. The highest BCUT2D eigenvalue weighted by atomic mass is 16.5. The van der Waals surface area contributed by atoms with Crippen molar-refractivity contribution in [2.75, 3.05) is 0 Å². The molecular formula is C16H25NO. The van der Waals surface area contributed by atoms with Crippen molar-refractivity contribution in [2.24, 2.45) is 5.73 Å². The van der Waals surface area contributed by atoms with Crippen molar-refractivity contribution < 1.29 is 4.74 Å². The molecule has 0 saturated heterocycles. The smallest absolute Gasteiger partial charge is 0.120 e. The Balaban J connectivity index is 2.01. The molecule has 0 aliphatic heterocycles. The average molecular weight is 247 g/mol. The first kappa shape index (κ1) is 13.4. The Kier molecular flexibility index (Phi) is 3.96. The second-order valence-corrected chi connectivity index (χ2v) is 6.43. The predicted molar refractivity (Wildman–Crippen MR) is 76.0 cm³/mol. The lowest BCUT2D eigenvalue weighted by Crippen LogP contribution is -2.31. The predicted octanol–water partition coefficient (Wildman–Crippen LogP) is 3.63. The molecule has 0 bridgehead atoms. The molecule has 1 saturated carbocycles. The molecular weight excluding hydrogens is 222 g/mol. The summed E-state index contributed by atoms with van der Waals surface area (Å²) >= 11 is 0. The summed E-state index contributed by atoms with van der Waals surface area (Å²) < 4.78 is 6.08. The zero-order valence-electron chi connectivity index (χ0n) is 11.8. The maximum Gasteiger partial charge on any atom is 0.120 e. The Bertz CT molecular complexity index is 386. The van der Waals surface area contributed by atoms with Crippen molar-refractivity contribution in [2.45, 2.75) is 64.0 Å². The van der Waals surface area contributed by atoms with Crippen LogP contribution in [0.25, 0.3) is 0 Å². The molecule has 0 aromatic heterocycles. The van der Waals surface area contributed by atoms with Crippen molar-refractivity contribution in [3.8, 4) is 5.75 Å². The van der Waals surface area contributed by atoms with Crippen LogP contribution in [0.3, 0.4) is 0 Å². The number of hydrogen-bond donors (Lipinski definition) is 1. The van der Waals surface area contributed by atoms with Gasteiger partial charge in [-0.1, -0.05) is 32.9 Å². The van der Waals surface area contributed by atoms with Gasteiger partial charge in [0.15, 0.2) is 0 Å². The van der Waals surface area contributed by atoms with E-state index >= 15 is 0 Å². The van der Waals surface area contributed by atoms with Gasteiger partial charge >= 0.3 is 0 Å². The van der Waals surface area contributed by atoms with Crippen LogP contribution in [0.15, 0.2) is 24.3 Å². The van der Waals surface area contributed by atoms with Crippen LogP contribution in [-0.2, 0) is 5.41 Å². The van der Waals surface area contributed by atoms with Gasteiger partial charge in [0, 0.05) is 6.04 Å². The minimum absolute atomic E-state index is 0.175. The van der Waals surface area contributed by atoms with Gasteiger partial charge in [-0.15, -0.1) is 0 Å². The van der Waals surface area contributed by atoms with E-state index in [-0.39, 0.29) is 5.41 Å². The van der Waals surface area contributed by atoms with Crippen molar-refractivity contribution in [3.63, 3.8) is 0 Å². The van der Waals surface area contributed by atoms with E-state index in [1.165, 1.54) is 5.56 Å². The summed E-state index contributed by atoms with van der Waals surface area (Å²) in [4.78, 5) is 0. The Labute approximate surface area is 111 Å². The van der Waals surface area contributed by atoms with Crippen LogP contribution < -0.4 is 10.5 Å². The van der Waals surface area contributed by atoms with E-state index in [0.717, 1.165) is 31.4 Å². The Morgan fingerprint density at radius 1 is 1.11 bits per heavy atom. The van der Waals surface area contributed by atoms with Crippen LogP contribution in [0.5, 0.6) is 5.75 Å².